The van der Waals surface area contributed by atoms with Gasteiger partial charge >= 0.3 is 6.03 Å². The van der Waals surface area contributed by atoms with Gasteiger partial charge in [-0.1, -0.05) is 42.5 Å². The maximum absolute atomic E-state index is 12.7. The van der Waals surface area contributed by atoms with Gasteiger partial charge in [0.05, 0.1) is 6.61 Å². The fourth-order valence-corrected chi connectivity index (χ4v) is 2.89. The van der Waals surface area contributed by atoms with E-state index in [2.05, 4.69) is 28.5 Å². The highest BCUT2D eigenvalue weighted by atomic mass is 16.5. The van der Waals surface area contributed by atoms with Gasteiger partial charge in [0.1, 0.15) is 0 Å². The number of fused-ring (bicyclic) bond motifs is 1. The normalized spacial score (nSPS) is 10.7. The van der Waals surface area contributed by atoms with Crippen LogP contribution in [0.5, 0.6) is 0 Å². The Morgan fingerprint density at radius 2 is 1.85 bits per heavy atom. The molecule has 2 aromatic carbocycles. The molecule has 5 heteroatoms. The first-order valence-electron chi connectivity index (χ1n) is 8.65. The van der Waals surface area contributed by atoms with Gasteiger partial charge in [0.15, 0.2) is 0 Å². The Balaban J connectivity index is 1.68. The number of aromatic nitrogens is 1. The van der Waals surface area contributed by atoms with E-state index < -0.39 is 0 Å². The summed E-state index contributed by atoms with van der Waals surface area (Å²) in [5.74, 6) is 0. The molecule has 0 spiro atoms. The third kappa shape index (κ3) is 4.58. The number of rotatable bonds is 7. The van der Waals surface area contributed by atoms with Crippen molar-refractivity contribution in [2.75, 3.05) is 20.3 Å². The maximum atomic E-state index is 12.7. The number of hydrogen-bond acceptors (Lipinski definition) is 3. The highest BCUT2D eigenvalue weighted by Crippen LogP contribution is 2.18. The van der Waals surface area contributed by atoms with E-state index in [4.69, 9.17) is 4.74 Å². The Labute approximate surface area is 153 Å². The summed E-state index contributed by atoms with van der Waals surface area (Å²) < 4.78 is 5.15. The minimum absolute atomic E-state index is 0.105. The number of carbonyl (C=O) groups is 1. The molecule has 1 aromatic heterocycles. The summed E-state index contributed by atoms with van der Waals surface area (Å²) in [5.41, 5.74) is 2.14. The third-order valence-corrected chi connectivity index (χ3v) is 4.29. The molecule has 0 aliphatic heterocycles. The number of hydrogen-bond donors (Lipinski definition) is 1. The first-order chi connectivity index (χ1) is 12.8. The zero-order chi connectivity index (χ0) is 18.2. The molecule has 0 aliphatic carbocycles. The molecule has 2 amide bonds. The minimum Gasteiger partial charge on any atom is -0.383 e. The van der Waals surface area contributed by atoms with Gasteiger partial charge in [-0.15, -0.1) is 0 Å². The molecule has 0 unspecified atom stereocenters. The van der Waals surface area contributed by atoms with Gasteiger partial charge in [-0.25, -0.2) is 4.79 Å². The summed E-state index contributed by atoms with van der Waals surface area (Å²) in [6, 6.07) is 18.1. The summed E-state index contributed by atoms with van der Waals surface area (Å²) in [6.07, 6.45) is 3.47. The summed E-state index contributed by atoms with van der Waals surface area (Å²) in [4.78, 5) is 18.5. The Morgan fingerprint density at radius 1 is 1.08 bits per heavy atom. The van der Waals surface area contributed by atoms with Crippen molar-refractivity contribution in [3.05, 3.63) is 78.1 Å². The van der Waals surface area contributed by atoms with Gasteiger partial charge in [-0.3, -0.25) is 4.98 Å². The zero-order valence-electron chi connectivity index (χ0n) is 14.9. The van der Waals surface area contributed by atoms with Crippen molar-refractivity contribution < 1.29 is 9.53 Å². The standard InChI is InChI=1S/C21H23N3O2/c1-26-14-13-24(16-17-9-11-22-12-10-17)21(25)23-15-19-7-4-6-18-5-2-3-8-20(18)19/h2-12H,13-16H2,1H3,(H,23,25). The SMILES string of the molecule is COCCN(Cc1ccncc1)C(=O)NCc1cccc2ccccc12. The van der Waals surface area contributed by atoms with Crippen molar-refractivity contribution in [3.8, 4) is 0 Å². The molecule has 0 saturated heterocycles. The van der Waals surface area contributed by atoms with Gasteiger partial charge in [-0.2, -0.15) is 0 Å². The lowest BCUT2D eigenvalue weighted by atomic mass is 10.0. The molecule has 0 fully saturated rings. The van der Waals surface area contributed by atoms with Crippen molar-refractivity contribution in [2.45, 2.75) is 13.1 Å². The Kier molecular flexibility index (Phi) is 6.17. The van der Waals surface area contributed by atoms with E-state index in [0.717, 1.165) is 16.5 Å². The second-order valence-electron chi connectivity index (χ2n) is 6.07. The molecule has 0 atom stereocenters. The van der Waals surface area contributed by atoms with Crippen LogP contribution < -0.4 is 5.32 Å². The molecule has 3 rings (SSSR count). The fourth-order valence-electron chi connectivity index (χ4n) is 2.89. The average Bonchev–Trinajstić information content (AvgIpc) is 2.70. The number of amides is 2. The predicted molar refractivity (Wildman–Crippen MR) is 103 cm³/mol. The Hall–Kier alpha value is -2.92. The van der Waals surface area contributed by atoms with E-state index >= 15 is 0 Å². The topological polar surface area (TPSA) is 54.5 Å². The third-order valence-electron chi connectivity index (χ3n) is 4.29. The lowest BCUT2D eigenvalue weighted by Gasteiger charge is -2.23. The molecule has 134 valence electrons. The zero-order valence-corrected chi connectivity index (χ0v) is 14.9. The van der Waals surface area contributed by atoms with Crippen LogP contribution in [0, 0.1) is 0 Å². The van der Waals surface area contributed by atoms with Gasteiger partial charge < -0.3 is 15.0 Å². The number of methoxy groups -OCH3 is 1. The van der Waals surface area contributed by atoms with Crippen molar-refractivity contribution in [3.63, 3.8) is 0 Å². The van der Waals surface area contributed by atoms with E-state index in [9.17, 15) is 4.79 Å². The predicted octanol–water partition coefficient (Wildman–Crippen LogP) is 3.59. The monoisotopic (exact) mass is 349 g/mol. The smallest absolute Gasteiger partial charge is 0.318 e. The molecule has 5 nitrogen and oxygen atoms in total. The summed E-state index contributed by atoms with van der Waals surface area (Å²) >= 11 is 0. The van der Waals surface area contributed by atoms with Crippen LogP contribution in [0.3, 0.4) is 0 Å². The van der Waals surface area contributed by atoms with Gasteiger partial charge in [-0.05, 0) is 34.0 Å². The number of benzene rings is 2. The number of nitrogens with one attached hydrogen (secondary N) is 1. The van der Waals surface area contributed by atoms with Crippen LogP contribution in [0.15, 0.2) is 67.0 Å². The lowest BCUT2D eigenvalue weighted by Crippen LogP contribution is -2.41. The number of carbonyl (C=O) groups excluding carboxylic acids is 1. The maximum Gasteiger partial charge on any atom is 0.318 e. The van der Waals surface area contributed by atoms with Gasteiger partial charge in [0, 0.05) is 39.1 Å². The first kappa shape index (κ1) is 17.9. The van der Waals surface area contributed by atoms with Crippen molar-refractivity contribution in [2.24, 2.45) is 0 Å². The molecule has 0 radical (unpaired) electrons. The van der Waals surface area contributed by atoms with Crippen molar-refractivity contribution in [1.82, 2.24) is 15.2 Å². The van der Waals surface area contributed by atoms with Gasteiger partial charge in [0.25, 0.3) is 0 Å². The molecule has 0 saturated carbocycles. The number of ether oxygens (including phenoxy) is 1. The molecule has 1 heterocycles. The molecule has 3 aromatic rings. The van der Waals surface area contributed by atoms with Crippen LogP contribution >= 0.6 is 0 Å². The molecule has 26 heavy (non-hydrogen) atoms. The lowest BCUT2D eigenvalue weighted by molar-refractivity contribution is 0.146. The number of pyridine rings is 1. The molecule has 1 N–H and O–H groups in total. The van der Waals surface area contributed by atoms with E-state index in [1.807, 2.05) is 36.4 Å². The second-order valence-corrected chi connectivity index (χ2v) is 6.07. The van der Waals surface area contributed by atoms with Gasteiger partial charge in [0.2, 0.25) is 0 Å². The van der Waals surface area contributed by atoms with E-state index in [0.29, 0.717) is 26.2 Å². The van der Waals surface area contributed by atoms with Crippen LogP contribution in [0.1, 0.15) is 11.1 Å². The quantitative estimate of drug-likeness (QED) is 0.709. The first-order valence-corrected chi connectivity index (χ1v) is 8.65. The van der Waals surface area contributed by atoms with Crippen LogP contribution in [-0.2, 0) is 17.8 Å². The van der Waals surface area contributed by atoms with E-state index in [-0.39, 0.29) is 6.03 Å². The summed E-state index contributed by atoms with van der Waals surface area (Å²) in [6.45, 7) is 2.03. The van der Waals surface area contributed by atoms with Crippen molar-refractivity contribution in [1.29, 1.82) is 0 Å². The second kappa shape index (κ2) is 8.97. The average molecular weight is 349 g/mol. The number of urea groups is 1. The molecular formula is C21H23N3O2. The Bertz CT molecular complexity index is 847. The Morgan fingerprint density at radius 3 is 2.65 bits per heavy atom. The van der Waals surface area contributed by atoms with Crippen LogP contribution in [0.2, 0.25) is 0 Å². The summed E-state index contributed by atoms with van der Waals surface area (Å²) in [5, 5.41) is 5.37. The number of nitrogens with zero attached hydrogens (tertiary/aromatic N) is 2. The van der Waals surface area contributed by atoms with Crippen LogP contribution in [0.4, 0.5) is 4.79 Å². The summed E-state index contributed by atoms with van der Waals surface area (Å²) in [7, 11) is 1.64. The minimum atomic E-state index is -0.105. The van der Waals surface area contributed by atoms with Crippen LogP contribution in [-0.4, -0.2) is 36.2 Å². The molecule has 0 aliphatic rings. The van der Waals surface area contributed by atoms with Crippen LogP contribution in [0.25, 0.3) is 10.8 Å². The molecular weight excluding hydrogens is 326 g/mol. The highest BCUT2D eigenvalue weighted by Gasteiger charge is 2.14. The van der Waals surface area contributed by atoms with E-state index in [1.54, 1.807) is 24.4 Å². The van der Waals surface area contributed by atoms with E-state index in [1.165, 1.54) is 5.39 Å². The highest BCUT2D eigenvalue weighted by molar-refractivity contribution is 5.86. The fraction of sp³-hybridized carbons (Fsp3) is 0.238. The van der Waals surface area contributed by atoms with Crippen molar-refractivity contribution >= 4 is 16.8 Å². The molecule has 0 bridgehead atoms. The largest absolute Gasteiger partial charge is 0.383 e.